The van der Waals surface area contributed by atoms with Crippen LogP contribution in [0.25, 0.3) is 11.3 Å². The highest BCUT2D eigenvalue weighted by Crippen LogP contribution is 2.26. The number of hydrogen-bond donors (Lipinski definition) is 2. The first-order valence-corrected chi connectivity index (χ1v) is 8.77. The predicted molar refractivity (Wildman–Crippen MR) is 105 cm³/mol. The molecule has 136 valence electrons. The molecule has 1 amide bonds. The van der Waals surface area contributed by atoms with Crippen molar-refractivity contribution in [3.05, 3.63) is 81.5 Å². The van der Waals surface area contributed by atoms with Crippen molar-refractivity contribution in [1.82, 2.24) is 5.43 Å². The highest BCUT2D eigenvalue weighted by molar-refractivity contribution is 9.10. The number of halogens is 1. The van der Waals surface area contributed by atoms with Crippen LogP contribution in [0.5, 0.6) is 0 Å². The lowest BCUT2D eigenvalue weighted by Gasteiger charge is -2.04. The molecule has 2 N–H and O–H groups in total. The summed E-state index contributed by atoms with van der Waals surface area (Å²) >= 11 is 3.32. The Kier molecular flexibility index (Phi) is 5.52. The summed E-state index contributed by atoms with van der Waals surface area (Å²) in [7, 11) is 0. The van der Waals surface area contributed by atoms with E-state index < -0.39 is 5.97 Å². The smallest absolute Gasteiger partial charge is 0.335 e. The Hall–Kier alpha value is -3.19. The molecule has 27 heavy (non-hydrogen) atoms. The quantitative estimate of drug-likeness (QED) is 0.464. The van der Waals surface area contributed by atoms with Gasteiger partial charge in [-0.05, 0) is 64.8 Å². The molecule has 3 rings (SSSR count). The molecule has 1 heterocycles. The summed E-state index contributed by atoms with van der Waals surface area (Å²) in [6.45, 7) is 1.82. The maximum Gasteiger partial charge on any atom is 0.335 e. The summed E-state index contributed by atoms with van der Waals surface area (Å²) in [5.41, 5.74) is 4.72. The SMILES string of the molecule is Cc1cc(C(=O)O)ccc1-c1ccc(/C=N\NC(=O)c2ccccc2Br)o1. The van der Waals surface area contributed by atoms with Crippen molar-refractivity contribution in [2.75, 3.05) is 0 Å². The van der Waals surface area contributed by atoms with E-state index in [1.165, 1.54) is 12.3 Å². The standard InChI is InChI=1S/C20H15BrN2O4/c1-12-10-13(20(25)26)6-8-15(12)18-9-7-14(27-18)11-22-23-19(24)16-4-2-3-5-17(16)21/h2-11H,1H3,(H,23,24)(H,25,26)/b22-11-. The molecular formula is C20H15BrN2O4. The summed E-state index contributed by atoms with van der Waals surface area (Å²) < 4.78 is 6.38. The second kappa shape index (κ2) is 8.01. The zero-order chi connectivity index (χ0) is 19.4. The highest BCUT2D eigenvalue weighted by atomic mass is 79.9. The van der Waals surface area contributed by atoms with Gasteiger partial charge in [0.15, 0.2) is 0 Å². The van der Waals surface area contributed by atoms with Crippen LogP contribution in [0.1, 0.15) is 32.0 Å². The van der Waals surface area contributed by atoms with Crippen molar-refractivity contribution >= 4 is 34.0 Å². The van der Waals surface area contributed by atoms with Gasteiger partial charge in [0, 0.05) is 10.0 Å². The first-order chi connectivity index (χ1) is 13.0. The second-order valence-corrected chi connectivity index (χ2v) is 6.57. The molecule has 0 bridgehead atoms. The maximum atomic E-state index is 12.1. The number of hydrazone groups is 1. The first kappa shape index (κ1) is 18.6. The molecule has 0 atom stereocenters. The van der Waals surface area contributed by atoms with Crippen LogP contribution in [0.4, 0.5) is 0 Å². The molecule has 0 spiro atoms. The zero-order valence-electron chi connectivity index (χ0n) is 14.3. The Bertz CT molecular complexity index is 1040. The van der Waals surface area contributed by atoms with Crippen molar-refractivity contribution in [1.29, 1.82) is 0 Å². The monoisotopic (exact) mass is 426 g/mol. The summed E-state index contributed by atoms with van der Waals surface area (Å²) in [5.74, 6) is -0.273. The van der Waals surface area contributed by atoms with E-state index in [4.69, 9.17) is 9.52 Å². The summed E-state index contributed by atoms with van der Waals surface area (Å²) in [6.07, 6.45) is 1.40. The van der Waals surface area contributed by atoms with Crippen molar-refractivity contribution in [2.45, 2.75) is 6.92 Å². The average molecular weight is 427 g/mol. The number of benzene rings is 2. The van der Waals surface area contributed by atoms with Gasteiger partial charge in [0.2, 0.25) is 0 Å². The molecule has 0 unspecified atom stereocenters. The lowest BCUT2D eigenvalue weighted by molar-refractivity contribution is 0.0696. The third-order valence-corrected chi connectivity index (χ3v) is 4.53. The van der Waals surface area contributed by atoms with Crippen LogP contribution in [-0.4, -0.2) is 23.2 Å². The fourth-order valence-electron chi connectivity index (χ4n) is 2.50. The van der Waals surface area contributed by atoms with Crippen LogP contribution < -0.4 is 5.43 Å². The van der Waals surface area contributed by atoms with Gasteiger partial charge in [0.25, 0.3) is 5.91 Å². The predicted octanol–water partition coefficient (Wildman–Crippen LogP) is 4.48. The second-order valence-electron chi connectivity index (χ2n) is 5.72. The maximum absolute atomic E-state index is 12.1. The van der Waals surface area contributed by atoms with Gasteiger partial charge < -0.3 is 9.52 Å². The van der Waals surface area contributed by atoms with E-state index in [0.717, 1.165) is 11.1 Å². The first-order valence-electron chi connectivity index (χ1n) is 7.98. The molecule has 6 nitrogen and oxygen atoms in total. The van der Waals surface area contributed by atoms with Crippen LogP contribution >= 0.6 is 15.9 Å². The molecule has 1 aromatic heterocycles. The van der Waals surface area contributed by atoms with Crippen molar-refractivity contribution < 1.29 is 19.1 Å². The number of aryl methyl sites for hydroxylation is 1. The number of aromatic carboxylic acids is 1. The number of hydrogen-bond acceptors (Lipinski definition) is 4. The fourth-order valence-corrected chi connectivity index (χ4v) is 2.97. The lowest BCUT2D eigenvalue weighted by Crippen LogP contribution is -2.17. The number of rotatable bonds is 5. The Morgan fingerprint density at radius 2 is 1.93 bits per heavy atom. The van der Waals surface area contributed by atoms with Gasteiger partial charge in [-0.3, -0.25) is 4.79 Å². The van der Waals surface area contributed by atoms with E-state index in [1.54, 1.807) is 42.5 Å². The van der Waals surface area contributed by atoms with Gasteiger partial charge in [-0.25, -0.2) is 10.2 Å². The van der Waals surface area contributed by atoms with Crippen LogP contribution in [0, 0.1) is 6.92 Å². The van der Waals surface area contributed by atoms with Gasteiger partial charge >= 0.3 is 5.97 Å². The molecule has 3 aromatic rings. The van der Waals surface area contributed by atoms with E-state index in [2.05, 4.69) is 26.5 Å². The van der Waals surface area contributed by atoms with Crippen molar-refractivity contribution in [3.8, 4) is 11.3 Å². The average Bonchev–Trinajstić information content (AvgIpc) is 3.10. The number of carboxylic acid groups (broad SMARTS) is 1. The largest absolute Gasteiger partial charge is 0.478 e. The molecular weight excluding hydrogens is 412 g/mol. The van der Waals surface area contributed by atoms with Gasteiger partial charge in [0.1, 0.15) is 11.5 Å². The molecule has 0 aliphatic rings. The minimum atomic E-state index is -0.974. The van der Waals surface area contributed by atoms with E-state index in [0.29, 0.717) is 21.6 Å². The molecule has 0 saturated heterocycles. The van der Waals surface area contributed by atoms with Crippen LogP contribution in [0.3, 0.4) is 0 Å². The molecule has 0 saturated carbocycles. The minimum absolute atomic E-state index is 0.222. The normalized spacial score (nSPS) is 10.9. The lowest BCUT2D eigenvalue weighted by atomic mass is 10.0. The third kappa shape index (κ3) is 4.32. The molecule has 0 aliphatic carbocycles. The Labute approximate surface area is 163 Å². The Morgan fingerprint density at radius 3 is 2.63 bits per heavy atom. The summed E-state index contributed by atoms with van der Waals surface area (Å²) in [4.78, 5) is 23.1. The molecule has 2 aromatic carbocycles. The van der Waals surface area contributed by atoms with Gasteiger partial charge in [-0.15, -0.1) is 0 Å². The molecule has 0 fully saturated rings. The number of carboxylic acids is 1. The number of nitrogens with zero attached hydrogens (tertiary/aromatic N) is 1. The van der Waals surface area contributed by atoms with Gasteiger partial charge in [-0.1, -0.05) is 18.2 Å². The molecule has 0 aliphatic heterocycles. The number of amides is 1. The van der Waals surface area contributed by atoms with E-state index in [1.807, 2.05) is 13.0 Å². The van der Waals surface area contributed by atoms with Crippen molar-refractivity contribution in [2.24, 2.45) is 5.10 Å². The number of carbonyl (C=O) groups is 2. The fraction of sp³-hybridized carbons (Fsp3) is 0.0500. The summed E-state index contributed by atoms with van der Waals surface area (Å²) in [5, 5.41) is 12.9. The molecule has 7 heteroatoms. The van der Waals surface area contributed by atoms with Crippen LogP contribution in [0.2, 0.25) is 0 Å². The topological polar surface area (TPSA) is 91.9 Å². The van der Waals surface area contributed by atoms with Gasteiger partial charge in [-0.2, -0.15) is 5.10 Å². The highest BCUT2D eigenvalue weighted by Gasteiger charge is 2.11. The molecule has 0 radical (unpaired) electrons. The van der Waals surface area contributed by atoms with E-state index in [9.17, 15) is 9.59 Å². The Morgan fingerprint density at radius 1 is 1.15 bits per heavy atom. The van der Waals surface area contributed by atoms with E-state index >= 15 is 0 Å². The van der Waals surface area contributed by atoms with Gasteiger partial charge in [0.05, 0.1) is 17.3 Å². The van der Waals surface area contributed by atoms with E-state index in [-0.39, 0.29) is 11.5 Å². The number of nitrogens with one attached hydrogen (secondary N) is 1. The number of furan rings is 1. The zero-order valence-corrected chi connectivity index (χ0v) is 15.9. The number of carbonyl (C=O) groups excluding carboxylic acids is 1. The van der Waals surface area contributed by atoms with Crippen LogP contribution in [-0.2, 0) is 0 Å². The minimum Gasteiger partial charge on any atom is -0.478 e. The Balaban J connectivity index is 1.71. The third-order valence-electron chi connectivity index (χ3n) is 3.84. The summed E-state index contributed by atoms with van der Waals surface area (Å²) in [6, 6.07) is 15.3. The van der Waals surface area contributed by atoms with Crippen molar-refractivity contribution in [3.63, 3.8) is 0 Å². The van der Waals surface area contributed by atoms with Crippen LogP contribution in [0.15, 0.2) is 68.6 Å².